The van der Waals surface area contributed by atoms with Crippen molar-refractivity contribution in [2.24, 2.45) is 0 Å². The number of ketones is 2. The van der Waals surface area contributed by atoms with Crippen LogP contribution in [0.15, 0.2) is 36.4 Å². The number of hydrogen-bond acceptors (Lipinski definition) is 8. The molecule has 0 fully saturated rings. The smallest absolute Gasteiger partial charge is 0.434 e. The predicted octanol–water partition coefficient (Wildman–Crippen LogP) is 5.87. The van der Waals surface area contributed by atoms with Crippen LogP contribution in [-0.4, -0.2) is 37.1 Å². The number of unbranched alkanes of at least 4 members (excludes halogenated alkanes) is 4. The van der Waals surface area contributed by atoms with Crippen LogP contribution >= 0.6 is 0 Å². The Hall–Kier alpha value is -3.68. The Kier molecular flexibility index (Phi) is 8.79. The molecule has 8 nitrogen and oxygen atoms in total. The number of rotatable bonds is 10. The zero-order valence-corrected chi connectivity index (χ0v) is 19.4. The highest BCUT2D eigenvalue weighted by atomic mass is 16.7. The summed E-state index contributed by atoms with van der Waals surface area (Å²) >= 11 is 0. The Balaban J connectivity index is 1.69. The molecule has 34 heavy (non-hydrogen) atoms. The van der Waals surface area contributed by atoms with Crippen molar-refractivity contribution in [2.45, 2.75) is 52.4 Å². The lowest BCUT2D eigenvalue weighted by Crippen LogP contribution is -2.22. The van der Waals surface area contributed by atoms with Gasteiger partial charge in [0.05, 0.1) is 13.2 Å². The van der Waals surface area contributed by atoms with E-state index >= 15 is 0 Å². The summed E-state index contributed by atoms with van der Waals surface area (Å²) in [4.78, 5) is 49.8. The maximum Gasteiger partial charge on any atom is 0.513 e. The van der Waals surface area contributed by atoms with E-state index in [9.17, 15) is 19.2 Å². The summed E-state index contributed by atoms with van der Waals surface area (Å²) in [5.41, 5.74) is 0.580. The largest absolute Gasteiger partial charge is 0.513 e. The molecule has 0 radical (unpaired) electrons. The highest BCUT2D eigenvalue weighted by molar-refractivity contribution is 6.28. The number of benzene rings is 2. The number of carbonyl (C=O) groups is 4. The van der Waals surface area contributed by atoms with Crippen LogP contribution < -0.4 is 9.47 Å². The van der Waals surface area contributed by atoms with E-state index in [2.05, 4.69) is 0 Å². The fraction of sp³-hybridized carbons (Fsp3) is 0.385. The minimum Gasteiger partial charge on any atom is -0.434 e. The molecule has 0 bridgehead atoms. The Morgan fingerprint density at radius 2 is 1.03 bits per heavy atom. The summed E-state index contributed by atoms with van der Waals surface area (Å²) in [7, 11) is 0. The number of carbonyl (C=O) groups excluding carboxylic acids is 4. The summed E-state index contributed by atoms with van der Waals surface area (Å²) in [5.74, 6) is -0.593. The molecular weight excluding hydrogens is 440 g/mol. The molecule has 0 unspecified atom stereocenters. The van der Waals surface area contributed by atoms with Gasteiger partial charge in [0.25, 0.3) is 0 Å². The zero-order chi connectivity index (χ0) is 24.5. The van der Waals surface area contributed by atoms with Crippen molar-refractivity contribution in [3.05, 3.63) is 58.7 Å². The van der Waals surface area contributed by atoms with Gasteiger partial charge < -0.3 is 18.9 Å². The summed E-state index contributed by atoms with van der Waals surface area (Å²) in [6.07, 6.45) is 3.62. The Morgan fingerprint density at radius 1 is 0.618 bits per heavy atom. The van der Waals surface area contributed by atoms with Gasteiger partial charge in [0.2, 0.25) is 0 Å². The standard InChI is InChI=1S/C26H28O8/c1-3-5-7-13-31-25(29)33-17-9-11-19-21(15-17)23(27)20-12-10-18(16-22(20)24(19)28)34-26(30)32-14-8-6-4-2/h9-12,15-16H,3-8,13-14H2,1-2H3. The maximum absolute atomic E-state index is 13.0. The molecule has 0 saturated heterocycles. The molecule has 0 saturated carbocycles. The fourth-order valence-electron chi connectivity index (χ4n) is 3.50. The summed E-state index contributed by atoms with van der Waals surface area (Å²) < 4.78 is 20.3. The number of hydrogen-bond donors (Lipinski definition) is 0. The van der Waals surface area contributed by atoms with E-state index in [1.807, 2.05) is 13.8 Å². The summed E-state index contributed by atoms with van der Waals surface area (Å²) in [5, 5.41) is 0. The van der Waals surface area contributed by atoms with Crippen LogP contribution in [0.4, 0.5) is 9.59 Å². The molecule has 0 amide bonds. The maximum atomic E-state index is 13.0. The lowest BCUT2D eigenvalue weighted by molar-refractivity contribution is 0.0950. The second-order valence-corrected chi connectivity index (χ2v) is 7.89. The summed E-state index contributed by atoms with van der Waals surface area (Å²) in [6.45, 7) is 4.58. The normalized spacial score (nSPS) is 11.9. The van der Waals surface area contributed by atoms with E-state index in [4.69, 9.17) is 18.9 Å². The fourth-order valence-corrected chi connectivity index (χ4v) is 3.50. The van der Waals surface area contributed by atoms with Crippen LogP contribution in [0.25, 0.3) is 0 Å². The first-order valence-electron chi connectivity index (χ1n) is 11.5. The van der Waals surface area contributed by atoms with Gasteiger partial charge >= 0.3 is 12.3 Å². The molecule has 2 aromatic carbocycles. The lowest BCUT2D eigenvalue weighted by Gasteiger charge is -2.18. The van der Waals surface area contributed by atoms with Gasteiger partial charge in [-0.15, -0.1) is 0 Å². The molecule has 0 spiro atoms. The van der Waals surface area contributed by atoms with E-state index in [1.165, 1.54) is 36.4 Å². The van der Waals surface area contributed by atoms with E-state index in [0.29, 0.717) is 0 Å². The molecular formula is C26H28O8. The van der Waals surface area contributed by atoms with Crippen LogP contribution in [-0.2, 0) is 9.47 Å². The Labute approximate surface area is 198 Å². The van der Waals surface area contributed by atoms with Crippen molar-refractivity contribution in [1.29, 1.82) is 0 Å². The average Bonchev–Trinajstić information content (AvgIpc) is 2.83. The third-order valence-electron chi connectivity index (χ3n) is 5.30. The average molecular weight is 469 g/mol. The number of ether oxygens (including phenoxy) is 4. The molecule has 0 aliphatic heterocycles. The second kappa shape index (κ2) is 12.0. The monoisotopic (exact) mass is 468 g/mol. The van der Waals surface area contributed by atoms with Gasteiger partial charge in [-0.3, -0.25) is 9.59 Å². The molecule has 1 aliphatic carbocycles. The molecule has 3 rings (SSSR count). The third-order valence-corrected chi connectivity index (χ3v) is 5.30. The van der Waals surface area contributed by atoms with E-state index in [1.54, 1.807) is 0 Å². The minimum atomic E-state index is -0.866. The van der Waals surface area contributed by atoms with Crippen LogP contribution in [0.1, 0.15) is 84.2 Å². The van der Waals surface area contributed by atoms with Gasteiger partial charge in [-0.2, -0.15) is 0 Å². The minimum absolute atomic E-state index is 0.106. The van der Waals surface area contributed by atoms with Crippen molar-refractivity contribution in [1.82, 2.24) is 0 Å². The Morgan fingerprint density at radius 3 is 1.41 bits per heavy atom. The van der Waals surface area contributed by atoms with Gasteiger partial charge in [-0.1, -0.05) is 39.5 Å². The quantitative estimate of drug-likeness (QED) is 0.207. The molecule has 2 aromatic rings. The summed E-state index contributed by atoms with van der Waals surface area (Å²) in [6, 6.07) is 8.40. The van der Waals surface area contributed by atoms with Gasteiger partial charge in [0.1, 0.15) is 11.5 Å². The third kappa shape index (κ3) is 6.21. The van der Waals surface area contributed by atoms with Crippen LogP contribution in [0, 0.1) is 0 Å². The lowest BCUT2D eigenvalue weighted by atomic mass is 9.84. The van der Waals surface area contributed by atoms with Crippen molar-refractivity contribution in [3.63, 3.8) is 0 Å². The molecule has 0 aromatic heterocycles. The first-order valence-corrected chi connectivity index (χ1v) is 11.5. The van der Waals surface area contributed by atoms with Crippen LogP contribution in [0.5, 0.6) is 11.5 Å². The second-order valence-electron chi connectivity index (χ2n) is 7.89. The van der Waals surface area contributed by atoms with Crippen molar-refractivity contribution < 1.29 is 38.1 Å². The molecule has 0 heterocycles. The van der Waals surface area contributed by atoms with E-state index in [0.717, 1.165) is 38.5 Å². The number of fused-ring (bicyclic) bond motifs is 2. The van der Waals surface area contributed by atoms with Gasteiger partial charge in [0.15, 0.2) is 11.6 Å². The van der Waals surface area contributed by atoms with E-state index < -0.39 is 23.9 Å². The molecule has 0 atom stereocenters. The molecule has 8 heteroatoms. The first kappa shape index (κ1) is 25.0. The zero-order valence-electron chi connectivity index (χ0n) is 19.4. The van der Waals surface area contributed by atoms with Gasteiger partial charge in [0, 0.05) is 22.3 Å². The van der Waals surface area contributed by atoms with Crippen LogP contribution in [0.2, 0.25) is 0 Å². The predicted molar refractivity (Wildman–Crippen MR) is 123 cm³/mol. The SMILES string of the molecule is CCCCCOC(=O)Oc1ccc2c(c1)C(=O)c1ccc(OC(=O)OCCCCC)cc1C2=O. The molecule has 180 valence electrons. The molecule has 0 N–H and O–H groups in total. The topological polar surface area (TPSA) is 105 Å². The van der Waals surface area contributed by atoms with E-state index in [-0.39, 0.29) is 47.0 Å². The van der Waals surface area contributed by atoms with Gasteiger partial charge in [-0.25, -0.2) is 9.59 Å². The van der Waals surface area contributed by atoms with Crippen molar-refractivity contribution in [3.8, 4) is 11.5 Å². The first-order chi connectivity index (χ1) is 16.4. The van der Waals surface area contributed by atoms with Crippen molar-refractivity contribution >= 4 is 23.9 Å². The highest BCUT2D eigenvalue weighted by Gasteiger charge is 2.31. The Bertz CT molecular complexity index is 987. The van der Waals surface area contributed by atoms with Crippen LogP contribution in [0.3, 0.4) is 0 Å². The highest BCUT2D eigenvalue weighted by Crippen LogP contribution is 2.32. The molecule has 1 aliphatic rings. The van der Waals surface area contributed by atoms with Crippen molar-refractivity contribution in [2.75, 3.05) is 13.2 Å². The van der Waals surface area contributed by atoms with Gasteiger partial charge in [-0.05, 0) is 49.2 Å².